The number of carbonyl (C=O) groups is 1. The highest BCUT2D eigenvalue weighted by Crippen LogP contribution is 2.29. The molecule has 0 spiro atoms. The second-order valence-corrected chi connectivity index (χ2v) is 9.54. The van der Waals surface area contributed by atoms with E-state index in [9.17, 15) is 4.79 Å². The number of hydrogen-bond donors (Lipinski definition) is 3. The zero-order valence-electron chi connectivity index (χ0n) is 19.2. The van der Waals surface area contributed by atoms with Crippen LogP contribution in [0.5, 0.6) is 5.88 Å². The summed E-state index contributed by atoms with van der Waals surface area (Å²) in [6.07, 6.45) is 3.12. The molecular weight excluding hydrogens is 571 g/mol. The summed E-state index contributed by atoms with van der Waals surface area (Å²) in [5, 5.41) is 6.38. The Kier molecular flexibility index (Phi) is 8.20. The number of aryl methyl sites for hydroxylation is 1. The maximum atomic E-state index is 13.3. The molecule has 1 unspecified atom stereocenters. The molecule has 1 aliphatic heterocycles. The van der Waals surface area contributed by atoms with Crippen molar-refractivity contribution in [2.75, 3.05) is 23.8 Å². The maximum Gasteiger partial charge on any atom is 0.261 e. The molecule has 3 aromatic rings. The Bertz CT molecular complexity index is 1360. The molecule has 4 N–H and O–H groups in total. The average molecular weight is 594 g/mol. The molecule has 0 radical (unpaired) electrons. The number of anilines is 2. The monoisotopic (exact) mass is 592 g/mol. The van der Waals surface area contributed by atoms with Crippen LogP contribution < -0.4 is 21.1 Å². The first-order valence-electron chi connectivity index (χ1n) is 10.9. The Morgan fingerprint density at radius 3 is 2.69 bits per heavy atom. The molecule has 1 saturated heterocycles. The number of aromatic nitrogens is 3. The molecule has 9 nitrogen and oxygen atoms in total. The molecule has 0 bridgehead atoms. The molecule has 36 heavy (non-hydrogen) atoms. The van der Waals surface area contributed by atoms with E-state index in [-0.39, 0.29) is 33.5 Å². The topological polar surface area (TPSA) is 116 Å². The van der Waals surface area contributed by atoms with Gasteiger partial charge in [-0.25, -0.2) is 4.98 Å². The molecule has 1 fully saturated rings. The Hall–Kier alpha value is -3.05. The predicted octanol–water partition coefficient (Wildman–Crippen LogP) is 5.24. The van der Waals surface area contributed by atoms with Gasteiger partial charge in [0.15, 0.2) is 5.65 Å². The van der Waals surface area contributed by atoms with Gasteiger partial charge >= 0.3 is 0 Å². The lowest BCUT2D eigenvalue weighted by Crippen LogP contribution is -2.21. The normalized spacial score (nSPS) is 16.6. The third-order valence-corrected chi connectivity index (χ3v) is 6.55. The molecular formula is C24H23BrCl2N6O3. The second-order valence-electron chi connectivity index (χ2n) is 7.81. The van der Waals surface area contributed by atoms with Gasteiger partial charge in [0, 0.05) is 29.8 Å². The van der Waals surface area contributed by atoms with Gasteiger partial charge in [0.05, 0.1) is 29.0 Å². The van der Waals surface area contributed by atoms with Crippen molar-refractivity contribution in [1.82, 2.24) is 14.5 Å². The Morgan fingerprint density at radius 1 is 1.31 bits per heavy atom. The SMILES string of the molecule is C=C/C(Cl)=C(Nc1nc2cc(C(=O)Nc3ccc(Br)cc3)c(OC3CCOC3)nc2n1C)\C(Cl)=C/N. The number of halogens is 3. The lowest BCUT2D eigenvalue weighted by atomic mass is 10.2. The van der Waals surface area contributed by atoms with E-state index in [1.807, 2.05) is 12.1 Å². The summed E-state index contributed by atoms with van der Waals surface area (Å²) in [5.74, 6) is 0.167. The molecule has 0 aliphatic carbocycles. The van der Waals surface area contributed by atoms with Crippen LogP contribution in [-0.2, 0) is 11.8 Å². The van der Waals surface area contributed by atoms with E-state index in [2.05, 4.69) is 43.1 Å². The Morgan fingerprint density at radius 2 is 2.06 bits per heavy atom. The van der Waals surface area contributed by atoms with Crippen LogP contribution in [0.25, 0.3) is 11.2 Å². The van der Waals surface area contributed by atoms with Crippen LogP contribution in [0, 0.1) is 0 Å². The number of amides is 1. The number of imidazole rings is 1. The van der Waals surface area contributed by atoms with E-state index >= 15 is 0 Å². The van der Waals surface area contributed by atoms with Crippen molar-refractivity contribution in [2.45, 2.75) is 12.5 Å². The van der Waals surface area contributed by atoms with Crippen molar-refractivity contribution < 1.29 is 14.3 Å². The molecule has 1 amide bonds. The van der Waals surface area contributed by atoms with Gasteiger partial charge in [-0.05, 0) is 36.4 Å². The van der Waals surface area contributed by atoms with E-state index in [0.717, 1.165) is 4.47 Å². The lowest BCUT2D eigenvalue weighted by molar-refractivity contribution is 0.101. The highest BCUT2D eigenvalue weighted by Gasteiger charge is 2.25. The van der Waals surface area contributed by atoms with E-state index in [0.29, 0.717) is 48.1 Å². The molecule has 3 heterocycles. The van der Waals surface area contributed by atoms with Gasteiger partial charge in [0.1, 0.15) is 17.2 Å². The number of nitrogens with two attached hydrogens (primary N) is 1. The summed E-state index contributed by atoms with van der Waals surface area (Å²) in [6, 6.07) is 8.87. The van der Waals surface area contributed by atoms with E-state index in [1.54, 1.807) is 29.8 Å². The number of benzene rings is 1. The quantitative estimate of drug-likeness (QED) is 0.306. The number of pyridine rings is 1. The average Bonchev–Trinajstić information content (AvgIpc) is 3.50. The van der Waals surface area contributed by atoms with Crippen LogP contribution in [0.4, 0.5) is 11.6 Å². The molecule has 1 aromatic carbocycles. The number of rotatable bonds is 8. The minimum atomic E-state index is -0.384. The van der Waals surface area contributed by atoms with Crippen molar-refractivity contribution in [3.05, 3.63) is 75.0 Å². The number of fused-ring (bicyclic) bond motifs is 1. The molecule has 12 heteroatoms. The van der Waals surface area contributed by atoms with Crippen LogP contribution in [0.2, 0.25) is 0 Å². The van der Waals surface area contributed by atoms with Crippen LogP contribution in [0.3, 0.4) is 0 Å². The van der Waals surface area contributed by atoms with E-state index < -0.39 is 0 Å². The van der Waals surface area contributed by atoms with Crippen LogP contribution in [0.15, 0.2) is 69.4 Å². The largest absolute Gasteiger partial charge is 0.471 e. The minimum absolute atomic E-state index is 0.180. The summed E-state index contributed by atoms with van der Waals surface area (Å²) < 4.78 is 14.1. The lowest BCUT2D eigenvalue weighted by Gasteiger charge is -2.15. The molecule has 1 atom stereocenters. The summed E-state index contributed by atoms with van der Waals surface area (Å²) in [4.78, 5) is 22.5. The van der Waals surface area contributed by atoms with Crippen molar-refractivity contribution in [3.63, 3.8) is 0 Å². The van der Waals surface area contributed by atoms with Crippen LogP contribution in [-0.4, -0.2) is 39.8 Å². The van der Waals surface area contributed by atoms with Crippen molar-refractivity contribution in [2.24, 2.45) is 12.8 Å². The van der Waals surface area contributed by atoms with Crippen molar-refractivity contribution >= 4 is 67.8 Å². The van der Waals surface area contributed by atoms with Crippen LogP contribution in [0.1, 0.15) is 16.8 Å². The number of ether oxygens (including phenoxy) is 2. The summed E-state index contributed by atoms with van der Waals surface area (Å²) in [6.45, 7) is 4.67. The fraction of sp³-hybridized carbons (Fsp3) is 0.208. The summed E-state index contributed by atoms with van der Waals surface area (Å²) in [5.41, 5.74) is 7.70. The summed E-state index contributed by atoms with van der Waals surface area (Å²) in [7, 11) is 1.76. The highest BCUT2D eigenvalue weighted by molar-refractivity contribution is 9.10. The molecule has 2 aromatic heterocycles. The van der Waals surface area contributed by atoms with Gasteiger partial charge in [-0.15, -0.1) is 0 Å². The maximum absolute atomic E-state index is 13.3. The van der Waals surface area contributed by atoms with Gasteiger partial charge in [0.25, 0.3) is 5.91 Å². The van der Waals surface area contributed by atoms with Gasteiger partial charge in [0.2, 0.25) is 11.8 Å². The number of hydrogen-bond acceptors (Lipinski definition) is 7. The molecule has 1 aliphatic rings. The first-order valence-corrected chi connectivity index (χ1v) is 12.4. The first kappa shape index (κ1) is 26.0. The molecule has 4 rings (SSSR count). The number of nitrogens with zero attached hydrogens (tertiary/aromatic N) is 3. The third kappa shape index (κ3) is 5.67. The number of allylic oxidation sites excluding steroid dienone is 3. The zero-order chi connectivity index (χ0) is 25.8. The van der Waals surface area contributed by atoms with E-state index in [4.69, 9.17) is 38.4 Å². The van der Waals surface area contributed by atoms with E-state index in [1.165, 1.54) is 12.3 Å². The van der Waals surface area contributed by atoms with Gasteiger partial charge < -0.3 is 25.8 Å². The third-order valence-electron chi connectivity index (χ3n) is 5.36. The minimum Gasteiger partial charge on any atom is -0.471 e. The first-order chi connectivity index (χ1) is 17.3. The summed E-state index contributed by atoms with van der Waals surface area (Å²) >= 11 is 15.9. The smallest absolute Gasteiger partial charge is 0.261 e. The Labute approximate surface area is 226 Å². The number of nitrogens with one attached hydrogen (secondary N) is 2. The van der Waals surface area contributed by atoms with Gasteiger partial charge in [-0.3, -0.25) is 9.36 Å². The second kappa shape index (κ2) is 11.3. The molecule has 188 valence electrons. The molecule has 0 saturated carbocycles. The van der Waals surface area contributed by atoms with Crippen molar-refractivity contribution in [3.8, 4) is 5.88 Å². The van der Waals surface area contributed by atoms with Crippen LogP contribution >= 0.6 is 39.1 Å². The fourth-order valence-corrected chi connectivity index (χ4v) is 4.10. The van der Waals surface area contributed by atoms with Gasteiger partial charge in [-0.2, -0.15) is 4.98 Å². The van der Waals surface area contributed by atoms with Gasteiger partial charge in [-0.1, -0.05) is 45.7 Å². The number of carbonyl (C=O) groups excluding carboxylic acids is 1. The van der Waals surface area contributed by atoms with Crippen molar-refractivity contribution in [1.29, 1.82) is 0 Å². The Balaban J connectivity index is 1.75. The fourth-order valence-electron chi connectivity index (χ4n) is 3.49. The predicted molar refractivity (Wildman–Crippen MR) is 145 cm³/mol. The highest BCUT2D eigenvalue weighted by atomic mass is 79.9. The standard InChI is InChI=1S/C24H23BrCl2N6O3/c1-3-17(26)20(18(27)11-28)31-24-30-19-10-16(22(34)29-14-6-4-13(25)5-7-14)23(32-21(19)33(24)2)36-15-8-9-35-12-15/h3-7,10-11,15H,1,8-9,12,28H2,2H3,(H,29,34)(H,30,31)/b18-11+,20-17-. The zero-order valence-corrected chi connectivity index (χ0v) is 22.3.